The number of nitrogens with zero attached hydrogens (tertiary/aromatic N) is 1. The summed E-state index contributed by atoms with van der Waals surface area (Å²) in [7, 11) is 0. The number of rotatable bonds is 12. The molecule has 1 heterocycles. The molecule has 0 bridgehead atoms. The summed E-state index contributed by atoms with van der Waals surface area (Å²) in [6.07, 6.45) is 3.60. The van der Waals surface area contributed by atoms with Crippen molar-refractivity contribution in [3.8, 4) is 11.1 Å². The van der Waals surface area contributed by atoms with E-state index in [2.05, 4.69) is 34.5 Å². The average Bonchev–Trinajstić information content (AvgIpc) is 3.54. The molecule has 0 radical (unpaired) electrons. The van der Waals surface area contributed by atoms with Gasteiger partial charge in [-0.15, -0.1) is 0 Å². The smallest absolute Gasteiger partial charge is 0.411 e. The van der Waals surface area contributed by atoms with Gasteiger partial charge in [0.15, 0.2) is 0 Å². The number of nitrogens with one attached hydrogen (secondary N) is 1. The van der Waals surface area contributed by atoms with Gasteiger partial charge >= 0.3 is 12.1 Å². The first-order chi connectivity index (χ1) is 21.2. The number of ether oxygens (including phenoxy) is 3. The van der Waals surface area contributed by atoms with Crippen molar-refractivity contribution in [2.75, 3.05) is 38.2 Å². The summed E-state index contributed by atoms with van der Waals surface area (Å²) >= 11 is 0. The van der Waals surface area contributed by atoms with Crippen molar-refractivity contribution in [3.05, 3.63) is 90.0 Å². The zero-order chi connectivity index (χ0) is 30.9. The predicted molar refractivity (Wildman–Crippen MR) is 174 cm³/mol. The second kappa shape index (κ2) is 14.9. The fraction of sp³-hybridized carbons (Fsp3) is 0.459. The highest BCUT2D eigenvalue weighted by Crippen LogP contribution is 2.39. The minimum atomic E-state index is -0.457. The van der Waals surface area contributed by atoms with Crippen LogP contribution in [0, 0.1) is 11.8 Å². The molecule has 0 unspecified atom stereocenters. The van der Waals surface area contributed by atoms with Crippen LogP contribution in [0.4, 0.5) is 10.5 Å². The fourth-order valence-corrected chi connectivity index (χ4v) is 6.37. The van der Waals surface area contributed by atoms with E-state index in [1.165, 1.54) is 11.1 Å². The van der Waals surface area contributed by atoms with Gasteiger partial charge in [0.25, 0.3) is 0 Å². The molecular formula is C37H46N2O5. The highest BCUT2D eigenvalue weighted by atomic mass is 16.6. The molecule has 3 aromatic carbocycles. The summed E-state index contributed by atoms with van der Waals surface area (Å²) in [5.74, 6) is 0.949. The number of fused-ring (bicyclic) bond motifs is 1. The van der Waals surface area contributed by atoms with Crippen molar-refractivity contribution < 1.29 is 23.8 Å². The third-order valence-corrected chi connectivity index (χ3v) is 8.45. The number of hydrogen-bond acceptors (Lipinski definition) is 6. The summed E-state index contributed by atoms with van der Waals surface area (Å²) < 4.78 is 16.8. The van der Waals surface area contributed by atoms with Crippen molar-refractivity contribution in [1.82, 2.24) is 4.90 Å². The van der Waals surface area contributed by atoms with Crippen LogP contribution in [0.25, 0.3) is 11.1 Å². The number of carbonyl (C=O) groups is 2. The average molecular weight is 599 g/mol. The van der Waals surface area contributed by atoms with Crippen LogP contribution in [0.5, 0.6) is 0 Å². The normalized spacial score (nSPS) is 19.8. The Morgan fingerprint density at radius 2 is 1.45 bits per heavy atom. The van der Waals surface area contributed by atoms with E-state index in [1.807, 2.05) is 75.4 Å². The first kappa shape index (κ1) is 31.7. The molecule has 1 amide bonds. The van der Waals surface area contributed by atoms with E-state index in [4.69, 9.17) is 14.2 Å². The highest BCUT2D eigenvalue weighted by Gasteiger charge is 2.42. The van der Waals surface area contributed by atoms with Crippen LogP contribution >= 0.6 is 0 Å². The van der Waals surface area contributed by atoms with Gasteiger partial charge < -0.3 is 19.1 Å². The van der Waals surface area contributed by atoms with Crippen LogP contribution in [-0.2, 0) is 31.8 Å². The van der Waals surface area contributed by atoms with Crippen LogP contribution in [0.1, 0.15) is 51.2 Å². The predicted octanol–water partition coefficient (Wildman–Crippen LogP) is 7.15. The van der Waals surface area contributed by atoms with Crippen molar-refractivity contribution in [2.45, 2.75) is 64.6 Å². The van der Waals surface area contributed by atoms with Gasteiger partial charge in [-0.3, -0.25) is 10.1 Å². The maximum absolute atomic E-state index is 12.8. The van der Waals surface area contributed by atoms with Crippen LogP contribution in [0.15, 0.2) is 78.9 Å². The largest absolute Gasteiger partial charge is 0.460 e. The molecule has 3 atom stereocenters. The molecule has 1 N–H and O–H groups in total. The summed E-state index contributed by atoms with van der Waals surface area (Å²) in [5.41, 5.74) is 4.94. The summed E-state index contributed by atoms with van der Waals surface area (Å²) in [6, 6.07) is 26.7. The Kier molecular flexibility index (Phi) is 10.7. The van der Waals surface area contributed by atoms with Gasteiger partial charge in [0.1, 0.15) is 11.7 Å². The SMILES string of the molecule is CC(C)(C)OC(=O)CCOCCc1ccc(CCN2C[C@H]3C[C@H](OC(=O)Nc4ccccc4-c4ccccc4)C[C@H]3C2)cc1. The van der Waals surface area contributed by atoms with Crippen LogP contribution in [-0.4, -0.2) is 61.5 Å². The van der Waals surface area contributed by atoms with Crippen LogP contribution < -0.4 is 5.32 Å². The maximum atomic E-state index is 12.8. The number of likely N-dealkylation sites (tertiary alicyclic amines) is 1. The van der Waals surface area contributed by atoms with Crippen LogP contribution in [0.3, 0.4) is 0 Å². The lowest BCUT2D eigenvalue weighted by atomic mass is 10.0. The molecule has 234 valence electrons. The number of anilines is 1. The summed E-state index contributed by atoms with van der Waals surface area (Å²) in [6.45, 7) is 9.77. The van der Waals surface area contributed by atoms with E-state index in [9.17, 15) is 9.59 Å². The van der Waals surface area contributed by atoms with Crippen molar-refractivity contribution >= 4 is 17.7 Å². The molecule has 2 aliphatic rings. The number of esters is 1. The van der Waals surface area contributed by atoms with Crippen molar-refractivity contribution in [2.24, 2.45) is 11.8 Å². The molecule has 1 saturated carbocycles. The number of carbonyl (C=O) groups excluding carboxylic acids is 2. The number of benzene rings is 3. The highest BCUT2D eigenvalue weighted by molar-refractivity contribution is 5.91. The Bertz CT molecular complexity index is 1350. The molecule has 1 saturated heterocycles. The third kappa shape index (κ3) is 9.41. The van der Waals surface area contributed by atoms with Gasteiger partial charge in [-0.05, 0) is 81.0 Å². The molecule has 0 aromatic heterocycles. The summed E-state index contributed by atoms with van der Waals surface area (Å²) in [5, 5.41) is 2.98. The molecule has 7 heteroatoms. The lowest BCUT2D eigenvalue weighted by Crippen LogP contribution is -2.27. The molecule has 7 nitrogen and oxygen atoms in total. The number of hydrogen-bond donors (Lipinski definition) is 1. The van der Waals surface area contributed by atoms with Gasteiger partial charge in [0.2, 0.25) is 0 Å². The van der Waals surface area contributed by atoms with Gasteiger partial charge in [0, 0.05) is 25.2 Å². The second-order valence-electron chi connectivity index (χ2n) is 13.1. The second-order valence-corrected chi connectivity index (χ2v) is 13.1. The van der Waals surface area contributed by atoms with E-state index < -0.39 is 5.60 Å². The Balaban J connectivity index is 0.977. The molecule has 0 spiro atoms. The maximum Gasteiger partial charge on any atom is 0.411 e. The molecule has 1 aliphatic carbocycles. The van der Waals surface area contributed by atoms with Gasteiger partial charge in [-0.25, -0.2) is 4.79 Å². The minimum Gasteiger partial charge on any atom is -0.460 e. The monoisotopic (exact) mass is 598 g/mol. The van der Waals surface area contributed by atoms with Gasteiger partial charge in [-0.2, -0.15) is 0 Å². The van der Waals surface area contributed by atoms with Crippen LogP contribution in [0.2, 0.25) is 0 Å². The van der Waals surface area contributed by atoms with E-state index >= 15 is 0 Å². The Labute approximate surface area is 261 Å². The number of amides is 1. The Hall–Kier alpha value is -3.68. The van der Waals surface area contributed by atoms with Crippen molar-refractivity contribution in [3.63, 3.8) is 0 Å². The Morgan fingerprint density at radius 3 is 2.14 bits per heavy atom. The first-order valence-corrected chi connectivity index (χ1v) is 15.9. The molecule has 5 rings (SSSR count). The molecule has 1 aliphatic heterocycles. The van der Waals surface area contributed by atoms with E-state index in [0.29, 0.717) is 25.0 Å². The first-order valence-electron chi connectivity index (χ1n) is 15.9. The van der Waals surface area contributed by atoms with E-state index in [-0.39, 0.29) is 24.6 Å². The van der Waals surface area contributed by atoms with E-state index in [0.717, 1.165) is 62.1 Å². The molecule has 2 fully saturated rings. The lowest BCUT2D eigenvalue weighted by molar-refractivity contribution is -0.156. The quantitative estimate of drug-likeness (QED) is 0.176. The van der Waals surface area contributed by atoms with E-state index in [1.54, 1.807) is 0 Å². The zero-order valence-corrected chi connectivity index (χ0v) is 26.3. The standard InChI is InChI=1S/C37H46N2O5/c1-37(2,3)44-35(40)19-22-42-21-18-28-15-13-27(14-16-28)17-20-39-25-30-23-32(24-31(30)26-39)43-36(41)38-34-12-8-7-11-33(34)29-9-5-4-6-10-29/h4-16,30-32H,17-26H2,1-3H3,(H,38,41)/t30-,31+,32+. The molecule has 3 aromatic rings. The Morgan fingerprint density at radius 1 is 0.818 bits per heavy atom. The van der Waals surface area contributed by atoms with Gasteiger partial charge in [0.05, 0.1) is 25.3 Å². The lowest BCUT2D eigenvalue weighted by Gasteiger charge is -2.20. The molecule has 44 heavy (non-hydrogen) atoms. The van der Waals surface area contributed by atoms with Gasteiger partial charge in [-0.1, -0.05) is 72.8 Å². The number of para-hydroxylation sites is 1. The zero-order valence-electron chi connectivity index (χ0n) is 26.3. The van der Waals surface area contributed by atoms with Crippen molar-refractivity contribution in [1.29, 1.82) is 0 Å². The third-order valence-electron chi connectivity index (χ3n) is 8.45. The summed E-state index contributed by atoms with van der Waals surface area (Å²) in [4.78, 5) is 27.1. The fourth-order valence-electron chi connectivity index (χ4n) is 6.37. The topological polar surface area (TPSA) is 77.1 Å². The minimum absolute atomic E-state index is 0.0233. The molecular weight excluding hydrogens is 552 g/mol.